The van der Waals surface area contributed by atoms with Gasteiger partial charge >= 0.3 is 0 Å². The smallest absolute Gasteiger partial charge is 0.0912 e. The highest BCUT2D eigenvalue weighted by molar-refractivity contribution is 5.75. The molecule has 0 aromatic heterocycles. The van der Waals surface area contributed by atoms with Crippen molar-refractivity contribution in [3.05, 3.63) is 77.4 Å². The number of nitriles is 1. The predicted molar refractivity (Wildman–Crippen MR) is 76.5 cm³/mol. The fourth-order valence-electron chi connectivity index (χ4n) is 1.69. The summed E-state index contributed by atoms with van der Waals surface area (Å²) in [7, 11) is 0. The SMILES string of the molecule is N#CC=Cc1ccccc1C=Cc1ccccc1. The maximum Gasteiger partial charge on any atom is 0.0912 e. The molecule has 2 aromatic rings. The highest BCUT2D eigenvalue weighted by Crippen LogP contribution is 2.14. The largest absolute Gasteiger partial charge is 0.193 e. The van der Waals surface area contributed by atoms with Crippen LogP contribution in [0.5, 0.6) is 0 Å². The minimum Gasteiger partial charge on any atom is -0.193 e. The van der Waals surface area contributed by atoms with Gasteiger partial charge in [-0.2, -0.15) is 5.26 Å². The summed E-state index contributed by atoms with van der Waals surface area (Å²) in [6.07, 6.45) is 7.45. The Balaban J connectivity index is 2.27. The van der Waals surface area contributed by atoms with Crippen molar-refractivity contribution in [2.24, 2.45) is 0 Å². The van der Waals surface area contributed by atoms with Gasteiger partial charge in [0.05, 0.1) is 6.07 Å². The van der Waals surface area contributed by atoms with Crippen LogP contribution in [0.3, 0.4) is 0 Å². The third kappa shape index (κ3) is 3.20. The second-order valence-corrected chi connectivity index (χ2v) is 3.84. The van der Waals surface area contributed by atoms with Gasteiger partial charge in [-0.3, -0.25) is 0 Å². The standard InChI is InChI=1S/C17H13N/c18-14-6-11-16-9-4-5-10-17(16)13-12-15-7-2-1-3-8-15/h1-13H. The van der Waals surface area contributed by atoms with Gasteiger partial charge in [-0.15, -0.1) is 0 Å². The first kappa shape index (κ1) is 11.9. The predicted octanol–water partition coefficient (Wildman–Crippen LogP) is 4.39. The van der Waals surface area contributed by atoms with Gasteiger partial charge in [-0.25, -0.2) is 0 Å². The molecule has 0 heterocycles. The van der Waals surface area contributed by atoms with Crippen LogP contribution in [-0.4, -0.2) is 0 Å². The van der Waals surface area contributed by atoms with Crippen molar-refractivity contribution in [2.75, 3.05) is 0 Å². The monoisotopic (exact) mass is 231 g/mol. The van der Waals surface area contributed by atoms with E-state index in [1.807, 2.05) is 54.6 Å². The molecule has 0 aliphatic heterocycles. The average Bonchev–Trinajstić information content (AvgIpc) is 2.45. The molecule has 0 bridgehead atoms. The molecule has 2 rings (SSSR count). The molecule has 0 atom stereocenters. The van der Waals surface area contributed by atoms with Crippen molar-refractivity contribution >= 4 is 18.2 Å². The lowest BCUT2D eigenvalue weighted by Gasteiger charge is -1.99. The van der Waals surface area contributed by atoms with Crippen molar-refractivity contribution in [3.8, 4) is 6.07 Å². The molecule has 0 saturated heterocycles. The first-order chi connectivity index (χ1) is 8.90. The zero-order valence-corrected chi connectivity index (χ0v) is 9.95. The zero-order valence-electron chi connectivity index (χ0n) is 9.95. The highest BCUT2D eigenvalue weighted by atomic mass is 14.2. The minimum atomic E-state index is 1.05. The normalized spacial score (nSPS) is 10.8. The Hall–Kier alpha value is -2.59. The molecule has 2 aromatic carbocycles. The molecule has 0 aliphatic rings. The van der Waals surface area contributed by atoms with Crippen LogP contribution in [0, 0.1) is 11.3 Å². The molecule has 0 saturated carbocycles. The molecule has 0 aliphatic carbocycles. The summed E-state index contributed by atoms with van der Waals surface area (Å²) in [5, 5.41) is 8.57. The van der Waals surface area contributed by atoms with Gasteiger partial charge in [-0.05, 0) is 22.8 Å². The molecule has 0 radical (unpaired) electrons. The second-order valence-electron chi connectivity index (χ2n) is 3.84. The fourth-order valence-corrected chi connectivity index (χ4v) is 1.69. The lowest BCUT2D eigenvalue weighted by atomic mass is 10.1. The Morgan fingerprint density at radius 1 is 0.722 bits per heavy atom. The average molecular weight is 231 g/mol. The van der Waals surface area contributed by atoms with Gasteiger partial charge in [0.15, 0.2) is 0 Å². The topological polar surface area (TPSA) is 23.8 Å². The summed E-state index contributed by atoms with van der Waals surface area (Å²) in [6.45, 7) is 0. The van der Waals surface area contributed by atoms with Gasteiger partial charge < -0.3 is 0 Å². The molecule has 0 spiro atoms. The third-order valence-electron chi connectivity index (χ3n) is 2.59. The maximum atomic E-state index is 8.57. The van der Waals surface area contributed by atoms with E-state index in [1.54, 1.807) is 0 Å². The van der Waals surface area contributed by atoms with Crippen molar-refractivity contribution in [1.29, 1.82) is 5.26 Å². The van der Waals surface area contributed by atoms with E-state index in [9.17, 15) is 0 Å². The molecule has 0 unspecified atom stereocenters. The summed E-state index contributed by atoms with van der Waals surface area (Å²) in [5.41, 5.74) is 3.32. The minimum absolute atomic E-state index is 1.05. The molecular weight excluding hydrogens is 218 g/mol. The number of hydrogen-bond acceptors (Lipinski definition) is 1. The summed E-state index contributed by atoms with van der Waals surface area (Å²) >= 11 is 0. The quantitative estimate of drug-likeness (QED) is 0.567. The van der Waals surface area contributed by atoms with Crippen LogP contribution in [0.4, 0.5) is 0 Å². The van der Waals surface area contributed by atoms with Crippen molar-refractivity contribution < 1.29 is 0 Å². The van der Waals surface area contributed by atoms with E-state index in [0.29, 0.717) is 0 Å². The summed E-state index contributed by atoms with van der Waals surface area (Å²) in [6, 6.07) is 20.2. The van der Waals surface area contributed by atoms with E-state index in [4.69, 9.17) is 5.26 Å². The van der Waals surface area contributed by atoms with E-state index in [-0.39, 0.29) is 0 Å². The Bertz CT molecular complexity index is 601. The van der Waals surface area contributed by atoms with Crippen LogP contribution >= 0.6 is 0 Å². The fraction of sp³-hybridized carbons (Fsp3) is 0. The Kier molecular flexibility index (Phi) is 4.11. The highest BCUT2D eigenvalue weighted by Gasteiger charge is 1.93. The number of hydrogen-bond donors (Lipinski definition) is 0. The van der Waals surface area contributed by atoms with Crippen LogP contribution in [0.2, 0.25) is 0 Å². The van der Waals surface area contributed by atoms with Crippen molar-refractivity contribution in [3.63, 3.8) is 0 Å². The molecule has 0 N–H and O–H groups in total. The van der Waals surface area contributed by atoms with E-state index >= 15 is 0 Å². The molecule has 0 fully saturated rings. The van der Waals surface area contributed by atoms with Gasteiger partial charge in [0, 0.05) is 6.08 Å². The third-order valence-corrected chi connectivity index (χ3v) is 2.59. The number of allylic oxidation sites excluding steroid dienone is 1. The molecule has 0 amide bonds. The van der Waals surface area contributed by atoms with Gasteiger partial charge in [-0.1, -0.05) is 66.7 Å². The first-order valence-corrected chi connectivity index (χ1v) is 5.78. The van der Waals surface area contributed by atoms with Gasteiger partial charge in [0.25, 0.3) is 0 Å². The summed E-state index contributed by atoms with van der Waals surface area (Å²) in [4.78, 5) is 0. The van der Waals surface area contributed by atoms with Crippen LogP contribution in [0.25, 0.3) is 18.2 Å². The van der Waals surface area contributed by atoms with Gasteiger partial charge in [0.1, 0.15) is 0 Å². The van der Waals surface area contributed by atoms with Crippen molar-refractivity contribution in [2.45, 2.75) is 0 Å². The van der Waals surface area contributed by atoms with Gasteiger partial charge in [0.2, 0.25) is 0 Å². The summed E-state index contributed by atoms with van der Waals surface area (Å²) < 4.78 is 0. The van der Waals surface area contributed by atoms with Crippen LogP contribution < -0.4 is 0 Å². The Morgan fingerprint density at radius 2 is 1.33 bits per heavy atom. The molecule has 18 heavy (non-hydrogen) atoms. The molecule has 1 heteroatoms. The number of nitrogens with zero attached hydrogens (tertiary/aromatic N) is 1. The number of rotatable bonds is 3. The van der Waals surface area contributed by atoms with E-state index in [2.05, 4.69) is 24.3 Å². The lowest BCUT2D eigenvalue weighted by Crippen LogP contribution is -1.79. The lowest BCUT2D eigenvalue weighted by molar-refractivity contribution is 1.53. The maximum absolute atomic E-state index is 8.57. The van der Waals surface area contributed by atoms with Crippen LogP contribution in [-0.2, 0) is 0 Å². The summed E-state index contributed by atoms with van der Waals surface area (Å²) in [5.74, 6) is 0. The van der Waals surface area contributed by atoms with Crippen molar-refractivity contribution in [1.82, 2.24) is 0 Å². The van der Waals surface area contributed by atoms with E-state index < -0.39 is 0 Å². The Morgan fingerprint density at radius 3 is 2.00 bits per heavy atom. The zero-order chi connectivity index (χ0) is 12.6. The van der Waals surface area contributed by atoms with Crippen LogP contribution in [0.15, 0.2) is 60.7 Å². The molecule has 86 valence electrons. The number of benzene rings is 2. The van der Waals surface area contributed by atoms with E-state index in [0.717, 1.165) is 16.7 Å². The van der Waals surface area contributed by atoms with Crippen LogP contribution in [0.1, 0.15) is 16.7 Å². The molecular formula is C17H13N. The Labute approximate surface area is 107 Å². The first-order valence-electron chi connectivity index (χ1n) is 5.78. The molecule has 1 nitrogen and oxygen atoms in total. The van der Waals surface area contributed by atoms with E-state index in [1.165, 1.54) is 6.08 Å². The second kappa shape index (κ2) is 6.22.